The molecule has 1 heterocycles. The third-order valence-electron chi connectivity index (χ3n) is 4.11. The Hall–Kier alpha value is -0.0800. The second-order valence-corrected chi connectivity index (χ2v) is 5.49. The van der Waals surface area contributed by atoms with Gasteiger partial charge in [-0.1, -0.05) is 20.8 Å². The topological polar surface area (TPSA) is 15.3 Å². The fraction of sp³-hybridized carbons (Fsp3) is 1.00. The molecule has 0 aromatic rings. The number of nitrogens with one attached hydrogen (secondary N) is 1. The molecule has 1 saturated heterocycles. The molecule has 0 spiro atoms. The summed E-state index contributed by atoms with van der Waals surface area (Å²) in [4.78, 5) is 2.66. The average Bonchev–Trinajstić information content (AvgIpc) is 2.19. The maximum atomic E-state index is 3.44. The lowest BCUT2D eigenvalue weighted by Crippen LogP contribution is -2.50. The highest BCUT2D eigenvalue weighted by atomic mass is 15.2. The van der Waals surface area contributed by atoms with Crippen LogP contribution in [0.3, 0.4) is 0 Å². The van der Waals surface area contributed by atoms with Crippen LogP contribution in [-0.4, -0.2) is 37.1 Å². The highest BCUT2D eigenvalue weighted by Crippen LogP contribution is 2.23. The van der Waals surface area contributed by atoms with Crippen LogP contribution in [0.5, 0.6) is 0 Å². The first-order chi connectivity index (χ1) is 7.06. The fourth-order valence-electron chi connectivity index (χ4n) is 2.57. The first kappa shape index (κ1) is 13.0. The first-order valence-corrected chi connectivity index (χ1v) is 6.47. The van der Waals surface area contributed by atoms with Gasteiger partial charge in [-0.2, -0.15) is 0 Å². The van der Waals surface area contributed by atoms with E-state index in [0.717, 1.165) is 17.9 Å². The molecule has 15 heavy (non-hydrogen) atoms. The molecule has 1 aliphatic heterocycles. The van der Waals surface area contributed by atoms with Crippen LogP contribution in [0.1, 0.15) is 40.5 Å². The predicted octanol–water partition coefficient (Wildman–Crippen LogP) is 2.35. The minimum absolute atomic E-state index is 0.637. The SMILES string of the molecule is CNC(CN1CCCC(C)C1C)C(C)C. The minimum atomic E-state index is 0.637. The van der Waals surface area contributed by atoms with Gasteiger partial charge in [-0.3, -0.25) is 4.90 Å². The molecular formula is C13H28N2. The molecule has 0 aromatic heterocycles. The van der Waals surface area contributed by atoms with Crippen LogP contribution in [-0.2, 0) is 0 Å². The van der Waals surface area contributed by atoms with E-state index in [9.17, 15) is 0 Å². The van der Waals surface area contributed by atoms with Gasteiger partial charge in [0.05, 0.1) is 0 Å². The lowest BCUT2D eigenvalue weighted by molar-refractivity contribution is 0.0958. The lowest BCUT2D eigenvalue weighted by Gasteiger charge is -2.40. The summed E-state index contributed by atoms with van der Waals surface area (Å²) in [6, 6.07) is 1.39. The van der Waals surface area contributed by atoms with Gasteiger partial charge >= 0.3 is 0 Å². The van der Waals surface area contributed by atoms with Gasteiger partial charge in [-0.15, -0.1) is 0 Å². The Morgan fingerprint density at radius 1 is 1.33 bits per heavy atom. The highest BCUT2D eigenvalue weighted by molar-refractivity contribution is 4.82. The molecule has 3 atom stereocenters. The minimum Gasteiger partial charge on any atom is -0.315 e. The molecule has 0 aromatic carbocycles. The molecule has 90 valence electrons. The van der Waals surface area contributed by atoms with Gasteiger partial charge in [-0.25, -0.2) is 0 Å². The van der Waals surface area contributed by atoms with Crippen LogP contribution >= 0.6 is 0 Å². The molecule has 1 rings (SSSR count). The molecule has 1 fully saturated rings. The van der Waals surface area contributed by atoms with Crippen LogP contribution < -0.4 is 5.32 Å². The summed E-state index contributed by atoms with van der Waals surface area (Å²) >= 11 is 0. The largest absolute Gasteiger partial charge is 0.315 e. The summed E-state index contributed by atoms with van der Waals surface area (Å²) in [5.41, 5.74) is 0. The van der Waals surface area contributed by atoms with Crippen molar-refractivity contribution in [3.8, 4) is 0 Å². The van der Waals surface area contributed by atoms with Gasteiger partial charge < -0.3 is 5.32 Å². The van der Waals surface area contributed by atoms with E-state index in [-0.39, 0.29) is 0 Å². The van der Waals surface area contributed by atoms with Crippen molar-refractivity contribution in [3.05, 3.63) is 0 Å². The van der Waals surface area contributed by atoms with Crippen molar-refractivity contribution in [2.45, 2.75) is 52.6 Å². The van der Waals surface area contributed by atoms with Crippen molar-refractivity contribution < 1.29 is 0 Å². The number of piperidine rings is 1. The van der Waals surface area contributed by atoms with Crippen molar-refractivity contribution in [2.24, 2.45) is 11.8 Å². The van der Waals surface area contributed by atoms with Crippen LogP contribution in [0.2, 0.25) is 0 Å². The first-order valence-electron chi connectivity index (χ1n) is 6.47. The maximum absolute atomic E-state index is 3.44. The summed E-state index contributed by atoms with van der Waals surface area (Å²) < 4.78 is 0. The molecule has 2 nitrogen and oxygen atoms in total. The Kier molecular flexibility index (Phi) is 5.07. The number of hydrogen-bond acceptors (Lipinski definition) is 2. The molecule has 1 aliphatic rings. The van der Waals surface area contributed by atoms with Gasteiger partial charge in [0.2, 0.25) is 0 Å². The summed E-state index contributed by atoms with van der Waals surface area (Å²) in [5.74, 6) is 1.59. The molecule has 0 bridgehead atoms. The molecule has 1 N–H and O–H groups in total. The Morgan fingerprint density at radius 2 is 2.00 bits per heavy atom. The molecule has 0 saturated carbocycles. The average molecular weight is 212 g/mol. The monoisotopic (exact) mass is 212 g/mol. The second kappa shape index (κ2) is 5.86. The Bertz CT molecular complexity index is 179. The quantitative estimate of drug-likeness (QED) is 0.769. The van der Waals surface area contributed by atoms with E-state index < -0.39 is 0 Å². The third kappa shape index (κ3) is 3.46. The zero-order chi connectivity index (χ0) is 11.4. The summed E-state index contributed by atoms with van der Waals surface area (Å²) in [7, 11) is 2.09. The fourth-order valence-corrected chi connectivity index (χ4v) is 2.57. The van der Waals surface area contributed by atoms with Crippen LogP contribution in [0.25, 0.3) is 0 Å². The molecule has 0 amide bonds. The predicted molar refractivity (Wildman–Crippen MR) is 67.1 cm³/mol. The van der Waals surface area contributed by atoms with E-state index >= 15 is 0 Å². The van der Waals surface area contributed by atoms with Crippen LogP contribution in [0.15, 0.2) is 0 Å². The van der Waals surface area contributed by atoms with Gasteiger partial charge in [0.15, 0.2) is 0 Å². The number of hydrogen-bond donors (Lipinski definition) is 1. The van der Waals surface area contributed by atoms with Crippen LogP contribution in [0, 0.1) is 11.8 Å². The Morgan fingerprint density at radius 3 is 2.53 bits per heavy atom. The Balaban J connectivity index is 2.48. The maximum Gasteiger partial charge on any atom is 0.0215 e. The van der Waals surface area contributed by atoms with Crippen molar-refractivity contribution in [1.82, 2.24) is 10.2 Å². The third-order valence-corrected chi connectivity index (χ3v) is 4.11. The van der Waals surface area contributed by atoms with E-state index in [1.54, 1.807) is 0 Å². The van der Waals surface area contributed by atoms with E-state index in [2.05, 4.69) is 45.0 Å². The molecular weight excluding hydrogens is 184 g/mol. The van der Waals surface area contributed by atoms with Crippen LogP contribution in [0.4, 0.5) is 0 Å². The normalized spacial score (nSPS) is 30.8. The van der Waals surface area contributed by atoms with Crippen molar-refractivity contribution in [1.29, 1.82) is 0 Å². The number of likely N-dealkylation sites (N-methyl/N-ethyl adjacent to an activating group) is 1. The van der Waals surface area contributed by atoms with Crippen molar-refractivity contribution in [2.75, 3.05) is 20.1 Å². The zero-order valence-corrected chi connectivity index (χ0v) is 11.1. The summed E-state index contributed by atoms with van der Waals surface area (Å²) in [6.45, 7) is 11.9. The number of rotatable bonds is 4. The smallest absolute Gasteiger partial charge is 0.0215 e. The zero-order valence-electron chi connectivity index (χ0n) is 11.1. The van der Waals surface area contributed by atoms with E-state index in [0.29, 0.717) is 6.04 Å². The summed E-state index contributed by atoms with van der Waals surface area (Å²) in [5, 5.41) is 3.44. The van der Waals surface area contributed by atoms with Crippen molar-refractivity contribution >= 4 is 0 Å². The lowest BCUT2D eigenvalue weighted by atomic mass is 9.91. The van der Waals surface area contributed by atoms with E-state index in [1.165, 1.54) is 25.9 Å². The van der Waals surface area contributed by atoms with E-state index in [4.69, 9.17) is 0 Å². The van der Waals surface area contributed by atoms with Crippen molar-refractivity contribution in [3.63, 3.8) is 0 Å². The summed E-state index contributed by atoms with van der Waals surface area (Å²) in [6.07, 6.45) is 2.78. The van der Waals surface area contributed by atoms with Gasteiger partial charge in [0.1, 0.15) is 0 Å². The standard InChI is InChI=1S/C13H28N2/c1-10(2)13(14-5)9-15-8-6-7-11(3)12(15)4/h10-14H,6-9H2,1-5H3. The number of nitrogens with zero attached hydrogens (tertiary/aromatic N) is 1. The second-order valence-electron chi connectivity index (χ2n) is 5.49. The van der Waals surface area contributed by atoms with Gasteiger partial charge in [0, 0.05) is 18.6 Å². The molecule has 0 aliphatic carbocycles. The van der Waals surface area contributed by atoms with E-state index in [1.807, 2.05) is 0 Å². The van der Waals surface area contributed by atoms with Gasteiger partial charge in [0.25, 0.3) is 0 Å². The molecule has 0 radical (unpaired) electrons. The molecule has 3 unspecified atom stereocenters. The highest BCUT2D eigenvalue weighted by Gasteiger charge is 2.26. The molecule has 2 heteroatoms. The van der Waals surface area contributed by atoms with Gasteiger partial charge in [-0.05, 0) is 45.2 Å². The number of likely N-dealkylation sites (tertiary alicyclic amines) is 1. The Labute approximate surface area is 95.4 Å².